The topological polar surface area (TPSA) is 64.1 Å². The zero-order valence-electron chi connectivity index (χ0n) is 27.9. The van der Waals surface area contributed by atoms with Gasteiger partial charge in [-0.2, -0.15) is 0 Å². The van der Waals surface area contributed by atoms with Crippen molar-refractivity contribution in [2.45, 2.75) is 26.5 Å². The number of ether oxygens (including phenoxy) is 3. The van der Waals surface area contributed by atoms with Crippen LogP contribution in [-0.4, -0.2) is 53.5 Å². The van der Waals surface area contributed by atoms with Gasteiger partial charge in [0.05, 0.1) is 12.8 Å². The Morgan fingerprint density at radius 1 is 0.860 bits per heavy atom. The molecule has 1 amide bonds. The number of nitrogens with zero attached hydrogens (tertiary/aromatic N) is 3. The lowest BCUT2D eigenvalue weighted by Gasteiger charge is -2.34. The molecule has 1 saturated heterocycles. The summed E-state index contributed by atoms with van der Waals surface area (Å²) in [5.74, 6) is 1.04. The minimum absolute atomic E-state index is 0.0311. The lowest BCUT2D eigenvalue weighted by atomic mass is 10.1. The van der Waals surface area contributed by atoms with Crippen molar-refractivity contribution in [3.8, 4) is 23.1 Å². The van der Waals surface area contributed by atoms with Crippen LogP contribution in [0.15, 0.2) is 115 Å². The molecule has 0 N–H and O–H groups in total. The molecule has 1 aliphatic heterocycles. The van der Waals surface area contributed by atoms with Crippen LogP contribution < -0.4 is 14.2 Å². The van der Waals surface area contributed by atoms with Gasteiger partial charge in [-0.05, 0) is 71.7 Å². The Balaban J connectivity index is 0.915. The van der Waals surface area contributed by atoms with Gasteiger partial charge in [0.1, 0.15) is 18.1 Å². The molecule has 1 aliphatic rings. The summed E-state index contributed by atoms with van der Waals surface area (Å²) in [5, 5.41) is 0.627. The van der Waals surface area contributed by atoms with Crippen molar-refractivity contribution in [2.24, 2.45) is 0 Å². The number of halogens is 2. The molecule has 50 heavy (non-hydrogen) atoms. The van der Waals surface area contributed by atoms with Gasteiger partial charge in [-0.3, -0.25) is 9.69 Å². The average Bonchev–Trinajstić information content (AvgIpc) is 3.13. The second kappa shape index (κ2) is 17.0. The molecule has 1 aromatic heterocycles. The maximum absolute atomic E-state index is 14.9. The molecule has 5 aromatic rings. The first-order valence-corrected chi connectivity index (χ1v) is 17.0. The van der Waals surface area contributed by atoms with E-state index in [-0.39, 0.29) is 17.5 Å². The van der Waals surface area contributed by atoms with Gasteiger partial charge in [-0.1, -0.05) is 72.3 Å². The quantitative estimate of drug-likeness (QED) is 0.115. The molecule has 0 radical (unpaired) electrons. The largest absolute Gasteiger partial charge is 0.493 e. The lowest BCUT2D eigenvalue weighted by Crippen LogP contribution is -2.47. The van der Waals surface area contributed by atoms with Crippen molar-refractivity contribution in [3.05, 3.63) is 154 Å². The number of amides is 1. The average molecular weight is 692 g/mol. The van der Waals surface area contributed by atoms with Gasteiger partial charge in [0, 0.05) is 61.9 Å². The summed E-state index contributed by atoms with van der Waals surface area (Å²) in [5.41, 5.74) is 5.09. The highest BCUT2D eigenvalue weighted by Gasteiger charge is 2.20. The maximum Gasteiger partial charge on any atom is 0.246 e. The monoisotopic (exact) mass is 691 g/mol. The van der Waals surface area contributed by atoms with Crippen LogP contribution in [0.2, 0.25) is 5.02 Å². The van der Waals surface area contributed by atoms with E-state index in [2.05, 4.69) is 47.1 Å². The van der Waals surface area contributed by atoms with Crippen LogP contribution in [0.25, 0.3) is 6.08 Å². The number of hydrogen-bond acceptors (Lipinski definition) is 6. The number of aryl methyl sites for hydroxylation is 1. The van der Waals surface area contributed by atoms with E-state index in [1.54, 1.807) is 30.3 Å². The summed E-state index contributed by atoms with van der Waals surface area (Å²) in [6.07, 6.45) is 5.48. The van der Waals surface area contributed by atoms with Crippen LogP contribution in [0.1, 0.15) is 27.8 Å². The first-order chi connectivity index (χ1) is 24.4. The molecule has 6 rings (SSSR count). The zero-order valence-corrected chi connectivity index (χ0v) is 28.7. The van der Waals surface area contributed by atoms with Crippen molar-refractivity contribution in [1.29, 1.82) is 0 Å². The first-order valence-electron chi connectivity index (χ1n) is 16.6. The van der Waals surface area contributed by atoms with E-state index >= 15 is 0 Å². The van der Waals surface area contributed by atoms with Crippen LogP contribution in [0.3, 0.4) is 0 Å². The molecule has 0 spiro atoms. The molecule has 9 heteroatoms. The van der Waals surface area contributed by atoms with Gasteiger partial charge in [0.25, 0.3) is 0 Å². The number of carbonyl (C=O) groups is 1. The van der Waals surface area contributed by atoms with Crippen molar-refractivity contribution in [1.82, 2.24) is 14.8 Å². The van der Waals surface area contributed by atoms with E-state index in [0.717, 1.165) is 37.4 Å². The number of carbonyl (C=O) groups excluding carboxylic acids is 1. The fraction of sp³-hybridized carbons (Fsp3) is 0.220. The Morgan fingerprint density at radius 3 is 2.40 bits per heavy atom. The fourth-order valence-electron chi connectivity index (χ4n) is 5.57. The van der Waals surface area contributed by atoms with Crippen molar-refractivity contribution in [2.75, 3.05) is 32.8 Å². The number of aromatic nitrogens is 1. The minimum atomic E-state index is -0.558. The zero-order chi connectivity index (χ0) is 34.7. The van der Waals surface area contributed by atoms with Gasteiger partial charge < -0.3 is 19.1 Å². The van der Waals surface area contributed by atoms with Gasteiger partial charge in [-0.15, -0.1) is 0 Å². The smallest absolute Gasteiger partial charge is 0.246 e. The molecule has 0 aliphatic carbocycles. The molecule has 0 saturated carbocycles. The fourth-order valence-corrected chi connectivity index (χ4v) is 5.76. The lowest BCUT2D eigenvalue weighted by molar-refractivity contribution is -0.127. The third-order valence-electron chi connectivity index (χ3n) is 8.41. The molecular formula is C41H39ClFN3O4. The SMILES string of the molecule is Cc1cccc(OCCc2ccc(CN3CCN(C(=O)/C=C/c4ccc(Oc5ccc(OCc6ccccc6Cl)cn5)c(F)c4)CC3)cc2)c1. The normalized spacial score (nSPS) is 13.4. The number of piperazine rings is 1. The van der Waals surface area contributed by atoms with Gasteiger partial charge in [0.2, 0.25) is 11.8 Å². The molecule has 2 heterocycles. The van der Waals surface area contributed by atoms with Crippen molar-refractivity contribution >= 4 is 23.6 Å². The summed E-state index contributed by atoms with van der Waals surface area (Å²) < 4.78 is 32.2. The molecule has 7 nitrogen and oxygen atoms in total. The van der Waals surface area contributed by atoms with Crippen molar-refractivity contribution in [3.63, 3.8) is 0 Å². The third kappa shape index (κ3) is 9.94. The summed E-state index contributed by atoms with van der Waals surface area (Å²) in [6.45, 7) is 6.67. The van der Waals surface area contributed by atoms with E-state index in [0.29, 0.717) is 42.6 Å². The Bertz CT molecular complexity index is 1910. The second-order valence-corrected chi connectivity index (χ2v) is 12.6. The second-order valence-electron chi connectivity index (χ2n) is 12.2. The van der Waals surface area contributed by atoms with Crippen LogP contribution in [0, 0.1) is 12.7 Å². The van der Waals surface area contributed by atoms with Crippen LogP contribution in [-0.2, 0) is 24.4 Å². The Morgan fingerprint density at radius 2 is 1.66 bits per heavy atom. The minimum Gasteiger partial charge on any atom is -0.493 e. The van der Waals surface area contributed by atoms with E-state index in [1.165, 1.54) is 41.1 Å². The Kier molecular flexibility index (Phi) is 11.8. The highest BCUT2D eigenvalue weighted by Crippen LogP contribution is 2.26. The van der Waals surface area contributed by atoms with E-state index in [9.17, 15) is 9.18 Å². The molecule has 0 bridgehead atoms. The number of rotatable bonds is 13. The highest BCUT2D eigenvalue weighted by molar-refractivity contribution is 6.31. The van der Waals surface area contributed by atoms with Crippen LogP contribution in [0.5, 0.6) is 23.1 Å². The molecular weight excluding hydrogens is 653 g/mol. The van der Waals surface area contributed by atoms with Gasteiger partial charge >= 0.3 is 0 Å². The predicted octanol–water partition coefficient (Wildman–Crippen LogP) is 8.53. The van der Waals surface area contributed by atoms with E-state index < -0.39 is 5.82 Å². The number of hydrogen-bond donors (Lipinski definition) is 0. The van der Waals surface area contributed by atoms with E-state index in [1.807, 2.05) is 41.3 Å². The van der Waals surface area contributed by atoms with Gasteiger partial charge in [0.15, 0.2) is 11.6 Å². The Hall–Kier alpha value is -5.18. The summed E-state index contributed by atoms with van der Waals surface area (Å²) in [6, 6.07) is 32.1. The van der Waals surface area contributed by atoms with Crippen LogP contribution >= 0.6 is 11.6 Å². The highest BCUT2D eigenvalue weighted by atomic mass is 35.5. The molecule has 0 atom stereocenters. The molecule has 256 valence electrons. The summed E-state index contributed by atoms with van der Waals surface area (Å²) in [4.78, 5) is 21.3. The predicted molar refractivity (Wildman–Crippen MR) is 194 cm³/mol. The number of pyridine rings is 1. The van der Waals surface area contributed by atoms with Crippen molar-refractivity contribution < 1.29 is 23.4 Å². The third-order valence-corrected chi connectivity index (χ3v) is 8.78. The van der Waals surface area contributed by atoms with E-state index in [4.69, 9.17) is 25.8 Å². The molecule has 0 unspecified atom stereocenters. The molecule has 1 fully saturated rings. The molecule has 4 aromatic carbocycles. The summed E-state index contributed by atoms with van der Waals surface area (Å²) >= 11 is 6.18. The van der Waals surface area contributed by atoms with Crippen LogP contribution in [0.4, 0.5) is 4.39 Å². The first kappa shape index (κ1) is 34.7. The standard InChI is InChI=1S/C41H39ClFN3O4/c1-30-5-4-7-35(25-30)48-24-19-31-9-11-33(12-10-31)28-45-20-22-46(23-21-45)41(47)18-14-32-13-16-39(38(43)26-32)50-40-17-15-36(27-44-40)49-29-34-6-2-3-8-37(34)42/h2-18,25-27H,19-24,28-29H2,1H3/b18-14+. The Labute approximate surface area is 297 Å². The number of benzene rings is 4. The maximum atomic E-state index is 14.9. The van der Waals surface area contributed by atoms with Gasteiger partial charge in [-0.25, -0.2) is 9.37 Å². The summed E-state index contributed by atoms with van der Waals surface area (Å²) in [7, 11) is 0.